The first-order valence-electron chi connectivity index (χ1n) is 9.00. The zero-order valence-corrected chi connectivity index (χ0v) is 16.3. The van der Waals surface area contributed by atoms with Crippen LogP contribution in [0.2, 0.25) is 0 Å². The van der Waals surface area contributed by atoms with Crippen molar-refractivity contribution in [3.63, 3.8) is 0 Å². The normalized spacial score (nSPS) is 23.0. The first kappa shape index (κ1) is 20.5. The molecular weight excluding hydrogens is 354 g/mol. The lowest BCUT2D eigenvalue weighted by molar-refractivity contribution is -0.139. The quantitative estimate of drug-likeness (QED) is 0.866. The number of aryl methyl sites for hydroxylation is 1. The van der Waals surface area contributed by atoms with Crippen LogP contribution in [0.25, 0.3) is 0 Å². The Hall–Kier alpha value is -1.79. The van der Waals surface area contributed by atoms with Crippen LogP contribution >= 0.6 is 12.4 Å². The van der Waals surface area contributed by atoms with Crippen LogP contribution in [-0.4, -0.2) is 49.5 Å². The molecule has 2 N–H and O–H groups in total. The molecule has 0 aromatic heterocycles. The monoisotopic (exact) mass is 381 g/mol. The van der Waals surface area contributed by atoms with Gasteiger partial charge >= 0.3 is 0 Å². The van der Waals surface area contributed by atoms with E-state index in [0.717, 1.165) is 37.1 Å². The van der Waals surface area contributed by atoms with Crippen molar-refractivity contribution >= 4 is 29.9 Å². The average molecular weight is 382 g/mol. The van der Waals surface area contributed by atoms with Gasteiger partial charge < -0.3 is 20.3 Å². The van der Waals surface area contributed by atoms with E-state index in [4.69, 9.17) is 10.5 Å². The van der Waals surface area contributed by atoms with Crippen molar-refractivity contribution < 1.29 is 14.3 Å². The second-order valence-electron chi connectivity index (χ2n) is 7.00. The van der Waals surface area contributed by atoms with E-state index in [-0.39, 0.29) is 42.6 Å². The predicted octanol–water partition coefficient (Wildman–Crippen LogP) is 2.12. The van der Waals surface area contributed by atoms with Crippen molar-refractivity contribution in [2.45, 2.75) is 38.6 Å². The Bertz CT molecular complexity index is 667. The van der Waals surface area contributed by atoms with Crippen LogP contribution in [0.4, 0.5) is 5.69 Å². The van der Waals surface area contributed by atoms with E-state index in [1.165, 1.54) is 0 Å². The van der Waals surface area contributed by atoms with Gasteiger partial charge in [0.1, 0.15) is 5.75 Å². The molecule has 0 radical (unpaired) electrons. The number of anilines is 1. The molecule has 0 bridgehead atoms. The van der Waals surface area contributed by atoms with E-state index in [0.29, 0.717) is 18.8 Å². The summed E-state index contributed by atoms with van der Waals surface area (Å²) in [5.41, 5.74) is 7.64. The highest BCUT2D eigenvalue weighted by molar-refractivity contribution is 6.01. The fourth-order valence-electron chi connectivity index (χ4n) is 3.89. The number of nitrogens with zero attached hydrogens (tertiary/aromatic N) is 2. The summed E-state index contributed by atoms with van der Waals surface area (Å²) in [5.74, 6) is 0.399. The molecule has 0 saturated carbocycles. The van der Waals surface area contributed by atoms with Crippen molar-refractivity contribution in [3.8, 4) is 5.75 Å². The van der Waals surface area contributed by atoms with Gasteiger partial charge in [0.25, 0.3) is 0 Å². The maximum absolute atomic E-state index is 13.0. The van der Waals surface area contributed by atoms with E-state index in [9.17, 15) is 9.59 Å². The number of carbonyl (C=O) groups is 2. The number of ether oxygens (including phenoxy) is 1. The number of hydrogen-bond donors (Lipinski definition) is 1. The number of amides is 2. The van der Waals surface area contributed by atoms with E-state index < -0.39 is 0 Å². The van der Waals surface area contributed by atoms with Crippen LogP contribution in [0.15, 0.2) is 18.2 Å². The molecule has 6 nitrogen and oxygen atoms in total. The first-order chi connectivity index (χ1) is 12.0. The SMILES string of the molecule is COc1ccc(C)cc1N1CC(C(=O)N2CCCCC2CN)CC1=O.Cl. The summed E-state index contributed by atoms with van der Waals surface area (Å²) in [5, 5.41) is 0. The number of rotatable bonds is 4. The Morgan fingerprint density at radius 2 is 2.12 bits per heavy atom. The third-order valence-electron chi connectivity index (χ3n) is 5.28. The lowest BCUT2D eigenvalue weighted by Gasteiger charge is -2.36. The maximum atomic E-state index is 13.0. The van der Waals surface area contributed by atoms with E-state index in [1.54, 1.807) is 12.0 Å². The number of hydrogen-bond acceptors (Lipinski definition) is 4. The Balaban J connectivity index is 0.00000243. The third-order valence-corrected chi connectivity index (χ3v) is 5.28. The fourth-order valence-corrected chi connectivity index (χ4v) is 3.89. The van der Waals surface area contributed by atoms with Crippen molar-refractivity contribution in [2.24, 2.45) is 11.7 Å². The zero-order valence-electron chi connectivity index (χ0n) is 15.4. The molecule has 2 fully saturated rings. The topological polar surface area (TPSA) is 75.9 Å². The van der Waals surface area contributed by atoms with Crippen LogP contribution in [0.3, 0.4) is 0 Å². The van der Waals surface area contributed by atoms with Crippen molar-refractivity contribution in [2.75, 3.05) is 31.6 Å². The molecule has 2 atom stereocenters. The highest BCUT2D eigenvalue weighted by atomic mass is 35.5. The summed E-state index contributed by atoms with van der Waals surface area (Å²) in [6, 6.07) is 5.86. The van der Waals surface area contributed by atoms with Gasteiger partial charge in [0.15, 0.2) is 0 Å². The van der Waals surface area contributed by atoms with E-state index >= 15 is 0 Å². The Morgan fingerprint density at radius 3 is 2.81 bits per heavy atom. The van der Waals surface area contributed by atoms with Crippen LogP contribution in [0.1, 0.15) is 31.2 Å². The maximum Gasteiger partial charge on any atom is 0.228 e. The summed E-state index contributed by atoms with van der Waals surface area (Å²) in [6.45, 7) is 3.62. The van der Waals surface area contributed by atoms with Gasteiger partial charge in [-0.15, -0.1) is 12.4 Å². The lowest BCUT2D eigenvalue weighted by Crippen LogP contribution is -2.50. The Kier molecular flexibility index (Phi) is 6.89. The average Bonchev–Trinajstić information content (AvgIpc) is 3.02. The molecule has 3 rings (SSSR count). The first-order valence-corrected chi connectivity index (χ1v) is 9.00. The standard InChI is InChI=1S/C19H27N3O3.ClH/c1-13-6-7-17(25-2)16(9-13)22-12-14(10-18(22)23)19(24)21-8-4-3-5-15(21)11-20;/h6-7,9,14-15H,3-5,8,10-12,20H2,1-2H3;1H. The zero-order chi connectivity index (χ0) is 18.0. The molecule has 1 aromatic carbocycles. The predicted molar refractivity (Wildman–Crippen MR) is 104 cm³/mol. The number of piperidine rings is 1. The summed E-state index contributed by atoms with van der Waals surface area (Å²) in [7, 11) is 1.59. The van der Waals surface area contributed by atoms with Gasteiger partial charge in [-0.05, 0) is 43.9 Å². The van der Waals surface area contributed by atoms with Crippen molar-refractivity contribution in [1.29, 1.82) is 0 Å². The smallest absolute Gasteiger partial charge is 0.228 e. The second kappa shape index (κ2) is 8.73. The molecule has 2 amide bonds. The largest absolute Gasteiger partial charge is 0.495 e. The van der Waals surface area contributed by atoms with Gasteiger partial charge in [-0.2, -0.15) is 0 Å². The third kappa shape index (κ3) is 3.96. The molecular formula is C19H28ClN3O3. The Labute approximate surface area is 161 Å². The van der Waals surface area contributed by atoms with Crippen LogP contribution < -0.4 is 15.4 Å². The highest BCUT2D eigenvalue weighted by Crippen LogP contribution is 2.35. The molecule has 144 valence electrons. The molecule has 2 saturated heterocycles. The van der Waals surface area contributed by atoms with Crippen LogP contribution in [0.5, 0.6) is 5.75 Å². The van der Waals surface area contributed by atoms with Gasteiger partial charge in [-0.3, -0.25) is 9.59 Å². The van der Waals surface area contributed by atoms with Gasteiger partial charge in [0.2, 0.25) is 11.8 Å². The molecule has 0 aliphatic carbocycles. The highest BCUT2D eigenvalue weighted by Gasteiger charge is 2.40. The summed E-state index contributed by atoms with van der Waals surface area (Å²) in [6.07, 6.45) is 3.34. The second-order valence-corrected chi connectivity index (χ2v) is 7.00. The number of halogens is 1. The number of methoxy groups -OCH3 is 1. The molecule has 0 spiro atoms. The summed E-state index contributed by atoms with van der Waals surface area (Å²) < 4.78 is 5.40. The minimum Gasteiger partial charge on any atom is -0.495 e. The van der Waals surface area contributed by atoms with Gasteiger partial charge in [0.05, 0.1) is 18.7 Å². The molecule has 7 heteroatoms. The molecule has 1 aromatic rings. The number of nitrogens with two attached hydrogens (primary N) is 1. The summed E-state index contributed by atoms with van der Waals surface area (Å²) in [4.78, 5) is 29.1. The number of likely N-dealkylation sites (tertiary alicyclic amines) is 1. The van der Waals surface area contributed by atoms with Crippen LogP contribution in [0, 0.1) is 12.8 Å². The Morgan fingerprint density at radius 1 is 1.35 bits per heavy atom. The lowest BCUT2D eigenvalue weighted by atomic mass is 9.98. The van der Waals surface area contributed by atoms with Gasteiger partial charge in [-0.25, -0.2) is 0 Å². The molecule has 26 heavy (non-hydrogen) atoms. The molecule has 2 aliphatic rings. The number of carbonyl (C=O) groups excluding carboxylic acids is 2. The summed E-state index contributed by atoms with van der Waals surface area (Å²) >= 11 is 0. The van der Waals surface area contributed by atoms with E-state index in [2.05, 4.69) is 0 Å². The molecule has 2 unspecified atom stereocenters. The minimum absolute atomic E-state index is 0. The minimum atomic E-state index is -0.301. The van der Waals surface area contributed by atoms with Crippen molar-refractivity contribution in [1.82, 2.24) is 4.90 Å². The molecule has 2 aliphatic heterocycles. The van der Waals surface area contributed by atoms with Gasteiger partial charge in [0, 0.05) is 32.1 Å². The van der Waals surface area contributed by atoms with Gasteiger partial charge in [-0.1, -0.05) is 6.07 Å². The van der Waals surface area contributed by atoms with Crippen LogP contribution in [-0.2, 0) is 9.59 Å². The molecule has 2 heterocycles. The number of benzene rings is 1. The van der Waals surface area contributed by atoms with E-state index in [1.807, 2.05) is 30.0 Å². The van der Waals surface area contributed by atoms with Crippen molar-refractivity contribution in [3.05, 3.63) is 23.8 Å². The fraction of sp³-hybridized carbons (Fsp3) is 0.579.